The number of ether oxygens (including phenoxy) is 1. The number of halogens is 3. The highest BCUT2D eigenvalue weighted by Gasteiger charge is 2.35. The SMILES string of the molecule is CCCSc1ccc(NC2=NC(CN3C[C@@H](C)O[C@@H](C)C3)N/C(=C/C(=C\N)c3ncccc3C(F)(F)F)C2)cc1. The number of hydrogen-bond donors (Lipinski definition) is 3. The monoisotopic (exact) mass is 574 g/mol. The molecule has 7 nitrogen and oxygen atoms in total. The zero-order valence-corrected chi connectivity index (χ0v) is 23.9. The average molecular weight is 575 g/mol. The van der Waals surface area contributed by atoms with Crippen molar-refractivity contribution in [1.29, 1.82) is 0 Å². The normalized spacial score (nSPS) is 23.6. The van der Waals surface area contributed by atoms with Crippen LogP contribution in [-0.2, 0) is 10.9 Å². The van der Waals surface area contributed by atoms with Crippen LogP contribution in [0, 0.1) is 0 Å². The lowest BCUT2D eigenvalue weighted by Gasteiger charge is -2.37. The van der Waals surface area contributed by atoms with E-state index in [1.807, 2.05) is 37.7 Å². The Hall–Kier alpha value is -3.02. The molecule has 1 fully saturated rings. The molecule has 2 aliphatic heterocycles. The van der Waals surface area contributed by atoms with Crippen molar-refractivity contribution >= 4 is 28.9 Å². The third-order valence-corrected chi connectivity index (χ3v) is 7.68. The van der Waals surface area contributed by atoms with E-state index >= 15 is 0 Å². The second-order valence-corrected chi connectivity index (χ2v) is 11.2. The minimum atomic E-state index is -4.56. The summed E-state index contributed by atoms with van der Waals surface area (Å²) in [6.45, 7) is 8.41. The summed E-state index contributed by atoms with van der Waals surface area (Å²) < 4.78 is 47.0. The van der Waals surface area contributed by atoms with Crippen LogP contribution in [0.5, 0.6) is 0 Å². The summed E-state index contributed by atoms with van der Waals surface area (Å²) in [6, 6.07) is 10.5. The summed E-state index contributed by atoms with van der Waals surface area (Å²) in [6.07, 6.45) is 0.935. The van der Waals surface area contributed by atoms with Gasteiger partial charge in [0.25, 0.3) is 0 Å². The molecule has 4 rings (SSSR count). The minimum absolute atomic E-state index is 0.102. The van der Waals surface area contributed by atoms with Gasteiger partial charge in [-0.05, 0) is 68.5 Å². The number of amidine groups is 1. The lowest BCUT2D eigenvalue weighted by atomic mass is 10.0. The molecule has 2 aliphatic rings. The second kappa shape index (κ2) is 13.6. The van der Waals surface area contributed by atoms with Gasteiger partial charge in [0.2, 0.25) is 0 Å². The van der Waals surface area contributed by atoms with Crippen LogP contribution >= 0.6 is 11.8 Å². The number of aliphatic imine (C=N–C) groups is 1. The van der Waals surface area contributed by atoms with Gasteiger partial charge in [0.15, 0.2) is 0 Å². The molecule has 0 aliphatic carbocycles. The van der Waals surface area contributed by atoms with Crippen molar-refractivity contribution in [3.63, 3.8) is 0 Å². The van der Waals surface area contributed by atoms with Crippen LogP contribution in [0.25, 0.3) is 5.57 Å². The number of aromatic nitrogens is 1. The van der Waals surface area contributed by atoms with Gasteiger partial charge < -0.3 is 21.1 Å². The molecule has 216 valence electrons. The van der Waals surface area contributed by atoms with Gasteiger partial charge in [-0.1, -0.05) is 6.92 Å². The number of rotatable bonds is 8. The topological polar surface area (TPSA) is 87.8 Å². The maximum atomic E-state index is 13.7. The lowest BCUT2D eigenvalue weighted by Crippen LogP contribution is -2.51. The Morgan fingerprint density at radius 3 is 2.58 bits per heavy atom. The van der Waals surface area contributed by atoms with E-state index in [1.54, 1.807) is 6.08 Å². The van der Waals surface area contributed by atoms with Crippen LogP contribution in [0.15, 0.2) is 70.5 Å². The van der Waals surface area contributed by atoms with Gasteiger partial charge >= 0.3 is 6.18 Å². The first kappa shape index (κ1) is 30.0. The van der Waals surface area contributed by atoms with Crippen molar-refractivity contribution in [2.45, 2.75) is 63.1 Å². The van der Waals surface area contributed by atoms with Crippen LogP contribution < -0.4 is 16.4 Å². The average Bonchev–Trinajstić information content (AvgIpc) is 2.90. The maximum Gasteiger partial charge on any atom is 0.418 e. The Morgan fingerprint density at radius 1 is 1.20 bits per heavy atom. The number of nitrogens with one attached hydrogen (secondary N) is 2. The largest absolute Gasteiger partial charge is 0.418 e. The smallest absolute Gasteiger partial charge is 0.404 e. The molecule has 0 saturated carbocycles. The van der Waals surface area contributed by atoms with Gasteiger partial charge in [-0.25, -0.2) is 4.99 Å². The fraction of sp³-hybridized carbons (Fsp3) is 0.448. The molecular formula is C29H37F3N6OS. The number of pyridine rings is 1. The van der Waals surface area contributed by atoms with Gasteiger partial charge in [0.1, 0.15) is 12.0 Å². The van der Waals surface area contributed by atoms with E-state index in [2.05, 4.69) is 39.6 Å². The molecular weight excluding hydrogens is 537 g/mol. The lowest BCUT2D eigenvalue weighted by molar-refractivity contribution is -0.138. The first-order chi connectivity index (χ1) is 19.1. The summed E-state index contributed by atoms with van der Waals surface area (Å²) in [4.78, 5) is 12.4. The number of nitrogens with zero attached hydrogens (tertiary/aromatic N) is 3. The molecule has 0 spiro atoms. The number of benzene rings is 1. The molecule has 40 heavy (non-hydrogen) atoms. The van der Waals surface area contributed by atoms with Crippen molar-refractivity contribution in [2.75, 3.05) is 30.7 Å². The number of morpholine rings is 1. The Kier molecular flexibility index (Phi) is 10.2. The predicted molar refractivity (Wildman–Crippen MR) is 156 cm³/mol. The highest BCUT2D eigenvalue weighted by atomic mass is 32.2. The molecule has 11 heteroatoms. The zero-order valence-electron chi connectivity index (χ0n) is 23.0. The van der Waals surface area contributed by atoms with Crippen LogP contribution in [0.3, 0.4) is 0 Å². The summed E-state index contributed by atoms with van der Waals surface area (Å²) in [5.41, 5.74) is 6.57. The summed E-state index contributed by atoms with van der Waals surface area (Å²) in [7, 11) is 0. The fourth-order valence-corrected chi connectivity index (χ4v) is 5.68. The van der Waals surface area contributed by atoms with Gasteiger partial charge in [-0.3, -0.25) is 9.88 Å². The zero-order chi connectivity index (χ0) is 28.7. The van der Waals surface area contributed by atoms with Gasteiger partial charge in [0.05, 0.1) is 23.5 Å². The highest BCUT2D eigenvalue weighted by Crippen LogP contribution is 2.34. The summed E-state index contributed by atoms with van der Waals surface area (Å²) in [5.74, 6) is 1.77. The summed E-state index contributed by atoms with van der Waals surface area (Å²) in [5, 5.41) is 6.83. The third kappa shape index (κ3) is 8.25. The van der Waals surface area contributed by atoms with Gasteiger partial charge in [0, 0.05) is 60.3 Å². The molecule has 1 unspecified atom stereocenters. The molecule has 1 aromatic heterocycles. The van der Waals surface area contributed by atoms with E-state index in [0.717, 1.165) is 43.2 Å². The molecule has 3 heterocycles. The first-order valence-corrected chi connectivity index (χ1v) is 14.5. The molecule has 0 radical (unpaired) electrons. The fourth-order valence-electron chi connectivity index (χ4n) is 4.91. The van der Waals surface area contributed by atoms with E-state index in [-0.39, 0.29) is 29.6 Å². The number of nitrogens with two attached hydrogens (primary N) is 1. The van der Waals surface area contributed by atoms with Crippen LogP contribution in [0.4, 0.5) is 18.9 Å². The molecule has 1 saturated heterocycles. The maximum absolute atomic E-state index is 13.7. The summed E-state index contributed by atoms with van der Waals surface area (Å²) >= 11 is 1.81. The molecule has 3 atom stereocenters. The van der Waals surface area contributed by atoms with Crippen molar-refractivity contribution in [2.24, 2.45) is 10.7 Å². The number of thioether (sulfide) groups is 1. The molecule has 0 bridgehead atoms. The Balaban J connectivity index is 1.60. The Labute approximate surface area is 238 Å². The third-order valence-electron chi connectivity index (χ3n) is 6.46. The van der Waals surface area contributed by atoms with E-state index < -0.39 is 11.7 Å². The van der Waals surface area contributed by atoms with Crippen LogP contribution in [0.1, 0.15) is 44.9 Å². The number of anilines is 1. The van der Waals surface area contributed by atoms with Crippen LogP contribution in [-0.4, -0.2) is 59.5 Å². The Morgan fingerprint density at radius 2 is 1.93 bits per heavy atom. The highest BCUT2D eigenvalue weighted by molar-refractivity contribution is 7.99. The molecule has 4 N–H and O–H groups in total. The standard InChI is InChI=1S/C29H37F3N6OS/c1-4-12-40-24-9-7-22(8-10-24)35-26-14-23(36-27(37-26)18-38-16-19(2)39-20(3)17-38)13-21(15-33)28-25(29(30,31)32)6-5-11-34-28/h5-11,13,15,19-20,27,36H,4,12,14,16-18,33H2,1-3H3,(H,35,37)/b21-15+,23-13+/t19-,20+,27?. The predicted octanol–water partition coefficient (Wildman–Crippen LogP) is 5.73. The first-order valence-electron chi connectivity index (χ1n) is 13.5. The van der Waals surface area contributed by atoms with Crippen molar-refractivity contribution in [1.82, 2.24) is 15.2 Å². The Bertz CT molecular complexity index is 1220. The second-order valence-electron chi connectivity index (χ2n) is 10.1. The minimum Gasteiger partial charge on any atom is -0.404 e. The van der Waals surface area contributed by atoms with E-state index in [9.17, 15) is 13.2 Å². The van der Waals surface area contributed by atoms with E-state index in [1.165, 1.54) is 17.2 Å². The van der Waals surface area contributed by atoms with Crippen molar-refractivity contribution < 1.29 is 17.9 Å². The van der Waals surface area contributed by atoms with Gasteiger partial charge in [-0.15, -0.1) is 11.8 Å². The quantitative estimate of drug-likeness (QED) is 0.348. The molecule has 2 aromatic rings. The van der Waals surface area contributed by atoms with Crippen LogP contribution in [0.2, 0.25) is 0 Å². The van der Waals surface area contributed by atoms with E-state index in [0.29, 0.717) is 24.5 Å². The number of alkyl halides is 3. The molecule has 1 aromatic carbocycles. The van der Waals surface area contributed by atoms with Crippen molar-refractivity contribution in [3.8, 4) is 0 Å². The van der Waals surface area contributed by atoms with E-state index in [4.69, 9.17) is 15.5 Å². The van der Waals surface area contributed by atoms with Crippen molar-refractivity contribution in [3.05, 3.63) is 71.8 Å². The number of hydrogen-bond acceptors (Lipinski definition) is 8. The molecule has 0 amide bonds. The van der Waals surface area contributed by atoms with Gasteiger partial charge in [-0.2, -0.15) is 13.2 Å². The number of allylic oxidation sites excluding steroid dienone is 2.